The minimum absolute atomic E-state index is 0.0347. The Morgan fingerprint density at radius 3 is 2.62 bits per heavy atom. The predicted octanol–water partition coefficient (Wildman–Crippen LogP) is 2.79. The summed E-state index contributed by atoms with van der Waals surface area (Å²) in [7, 11) is 0. The van der Waals surface area contributed by atoms with Gasteiger partial charge in [0.05, 0.1) is 9.95 Å². The number of nitrogens with one attached hydrogen (secondary N) is 1. The summed E-state index contributed by atoms with van der Waals surface area (Å²) in [5.74, 6) is -0.444. The molecule has 0 saturated heterocycles. The van der Waals surface area contributed by atoms with Crippen LogP contribution in [0.15, 0.2) is 12.1 Å². The normalized spacial score (nSPS) is 15.6. The zero-order valence-electron chi connectivity index (χ0n) is 11.1. The van der Waals surface area contributed by atoms with E-state index < -0.39 is 16.5 Å². The van der Waals surface area contributed by atoms with Crippen molar-refractivity contribution in [1.82, 2.24) is 5.32 Å². The molecular weight excluding hydrogens is 319 g/mol. The van der Waals surface area contributed by atoms with Gasteiger partial charge in [-0.3, -0.25) is 14.9 Å². The lowest BCUT2D eigenvalue weighted by molar-refractivity contribution is -0.384. The van der Waals surface area contributed by atoms with Gasteiger partial charge in [0.15, 0.2) is 0 Å². The highest BCUT2D eigenvalue weighted by molar-refractivity contribution is 6.43. The van der Waals surface area contributed by atoms with Gasteiger partial charge in [0.2, 0.25) is 0 Å². The molecule has 1 amide bonds. The van der Waals surface area contributed by atoms with Crippen LogP contribution in [0.3, 0.4) is 0 Å². The molecule has 2 rings (SSSR count). The molecule has 21 heavy (non-hydrogen) atoms. The number of aliphatic hydroxyl groups is 1. The molecule has 6 nitrogen and oxygen atoms in total. The molecular formula is C13H14Cl2N2O4. The van der Waals surface area contributed by atoms with Crippen molar-refractivity contribution in [2.24, 2.45) is 5.41 Å². The fourth-order valence-corrected chi connectivity index (χ4v) is 2.53. The van der Waals surface area contributed by atoms with E-state index in [-0.39, 0.29) is 27.6 Å². The number of nitro benzene ring substituents is 1. The summed E-state index contributed by atoms with van der Waals surface area (Å²) in [5.41, 5.74) is -0.339. The zero-order chi connectivity index (χ0) is 15.6. The molecule has 0 bridgehead atoms. The van der Waals surface area contributed by atoms with Crippen LogP contribution in [0, 0.1) is 15.5 Å². The Labute approximate surface area is 131 Å². The first-order valence-electron chi connectivity index (χ1n) is 6.41. The van der Waals surface area contributed by atoms with Gasteiger partial charge in [0.1, 0.15) is 5.02 Å². The van der Waals surface area contributed by atoms with Gasteiger partial charge >= 0.3 is 0 Å². The van der Waals surface area contributed by atoms with Crippen LogP contribution in [0.1, 0.15) is 29.6 Å². The van der Waals surface area contributed by atoms with Crippen molar-refractivity contribution in [1.29, 1.82) is 0 Å². The number of benzene rings is 1. The lowest BCUT2D eigenvalue weighted by Gasteiger charge is -2.14. The summed E-state index contributed by atoms with van der Waals surface area (Å²) < 4.78 is 0. The van der Waals surface area contributed by atoms with E-state index in [9.17, 15) is 14.9 Å². The molecule has 0 heterocycles. The van der Waals surface area contributed by atoms with Gasteiger partial charge < -0.3 is 10.4 Å². The fraction of sp³-hybridized carbons (Fsp3) is 0.462. The third-order valence-corrected chi connectivity index (χ3v) is 4.48. The highest BCUT2D eigenvalue weighted by atomic mass is 35.5. The zero-order valence-corrected chi connectivity index (χ0v) is 12.6. The lowest BCUT2D eigenvalue weighted by atomic mass is 10.0. The number of hydrogen-bond acceptors (Lipinski definition) is 4. The van der Waals surface area contributed by atoms with Crippen molar-refractivity contribution in [3.05, 3.63) is 37.9 Å². The maximum Gasteiger partial charge on any atom is 0.290 e. The number of carbonyl (C=O) groups is 1. The monoisotopic (exact) mass is 332 g/mol. The van der Waals surface area contributed by atoms with Gasteiger partial charge in [-0.2, -0.15) is 0 Å². The first kappa shape index (κ1) is 16.0. The minimum atomic E-state index is -0.681. The molecule has 1 fully saturated rings. The largest absolute Gasteiger partial charge is 0.396 e. The van der Waals surface area contributed by atoms with Crippen LogP contribution in [-0.2, 0) is 0 Å². The van der Waals surface area contributed by atoms with E-state index in [4.69, 9.17) is 28.3 Å². The molecule has 1 aromatic carbocycles. The maximum absolute atomic E-state index is 12.1. The Morgan fingerprint density at radius 1 is 1.43 bits per heavy atom. The van der Waals surface area contributed by atoms with E-state index in [1.807, 2.05) is 0 Å². The van der Waals surface area contributed by atoms with Crippen LogP contribution >= 0.6 is 23.2 Å². The standard InChI is InChI=1S/C13H14Cl2N2O4/c14-9-5-8(6-10(11(9)15)17(20)21)12(19)16-7-13(1-2-13)3-4-18/h5-6,18H,1-4,7H2,(H,16,19). The number of carbonyl (C=O) groups excluding carboxylic acids is 1. The molecule has 8 heteroatoms. The van der Waals surface area contributed by atoms with Crippen LogP contribution in [-0.4, -0.2) is 29.1 Å². The molecule has 0 aliphatic heterocycles. The van der Waals surface area contributed by atoms with Gasteiger partial charge in [-0.1, -0.05) is 23.2 Å². The lowest BCUT2D eigenvalue weighted by Crippen LogP contribution is -2.30. The minimum Gasteiger partial charge on any atom is -0.396 e. The second-order valence-corrected chi connectivity index (χ2v) is 5.99. The summed E-state index contributed by atoms with van der Waals surface area (Å²) in [6, 6.07) is 2.41. The first-order valence-corrected chi connectivity index (χ1v) is 7.17. The molecule has 1 aromatic rings. The Bertz CT molecular complexity index is 588. The van der Waals surface area contributed by atoms with E-state index in [1.54, 1.807) is 0 Å². The van der Waals surface area contributed by atoms with Crippen LogP contribution in [0.2, 0.25) is 10.0 Å². The maximum atomic E-state index is 12.1. The van der Waals surface area contributed by atoms with Crippen molar-refractivity contribution < 1.29 is 14.8 Å². The van der Waals surface area contributed by atoms with Crippen LogP contribution < -0.4 is 5.32 Å². The van der Waals surface area contributed by atoms with Crippen molar-refractivity contribution in [2.45, 2.75) is 19.3 Å². The van der Waals surface area contributed by atoms with Crippen LogP contribution in [0.5, 0.6) is 0 Å². The molecule has 1 aliphatic rings. The quantitative estimate of drug-likeness (QED) is 0.618. The van der Waals surface area contributed by atoms with E-state index in [1.165, 1.54) is 6.07 Å². The highest BCUT2D eigenvalue weighted by Gasteiger charge is 2.42. The summed E-state index contributed by atoms with van der Waals surface area (Å²) >= 11 is 11.5. The van der Waals surface area contributed by atoms with Gasteiger partial charge in [0.25, 0.3) is 11.6 Å². The topological polar surface area (TPSA) is 92.5 Å². The molecule has 114 valence electrons. The number of nitrogens with zero attached hydrogens (tertiary/aromatic N) is 1. The molecule has 0 spiro atoms. The third-order valence-electron chi connectivity index (χ3n) is 3.69. The molecule has 1 saturated carbocycles. The van der Waals surface area contributed by atoms with Crippen molar-refractivity contribution >= 4 is 34.8 Å². The van der Waals surface area contributed by atoms with Crippen molar-refractivity contribution in [3.8, 4) is 0 Å². The molecule has 0 atom stereocenters. The van der Waals surface area contributed by atoms with Gasteiger partial charge in [-0.25, -0.2) is 0 Å². The van der Waals surface area contributed by atoms with E-state index in [2.05, 4.69) is 5.32 Å². The summed E-state index contributed by atoms with van der Waals surface area (Å²) in [6.45, 7) is 0.508. The average molecular weight is 333 g/mol. The molecule has 0 unspecified atom stereocenters. The Morgan fingerprint density at radius 2 is 2.10 bits per heavy atom. The van der Waals surface area contributed by atoms with Crippen molar-refractivity contribution in [2.75, 3.05) is 13.2 Å². The van der Waals surface area contributed by atoms with E-state index in [0.717, 1.165) is 18.9 Å². The molecule has 2 N–H and O–H groups in total. The number of nitro groups is 1. The Balaban J connectivity index is 2.11. The SMILES string of the molecule is O=C(NCC1(CCO)CC1)c1cc(Cl)c(Cl)c([N+](=O)[O-])c1. The summed E-state index contributed by atoms with van der Waals surface area (Å²) in [6.07, 6.45) is 2.54. The summed E-state index contributed by atoms with van der Waals surface area (Å²) in [5, 5.41) is 22.3. The molecule has 0 radical (unpaired) electrons. The van der Waals surface area contributed by atoms with Gasteiger partial charge in [-0.05, 0) is 30.7 Å². The Hall–Kier alpha value is -1.37. The van der Waals surface area contributed by atoms with Gasteiger partial charge in [0, 0.05) is 24.8 Å². The van der Waals surface area contributed by atoms with Crippen LogP contribution in [0.25, 0.3) is 0 Å². The number of rotatable bonds is 6. The number of hydrogen-bond donors (Lipinski definition) is 2. The number of aliphatic hydroxyl groups excluding tert-OH is 1. The number of halogens is 2. The van der Waals surface area contributed by atoms with Gasteiger partial charge in [-0.15, -0.1) is 0 Å². The molecule has 1 aliphatic carbocycles. The second kappa shape index (κ2) is 6.17. The fourth-order valence-electron chi connectivity index (χ4n) is 2.14. The Kier molecular flexibility index (Phi) is 4.70. The van der Waals surface area contributed by atoms with E-state index >= 15 is 0 Å². The van der Waals surface area contributed by atoms with Crippen molar-refractivity contribution in [3.63, 3.8) is 0 Å². The third kappa shape index (κ3) is 3.64. The second-order valence-electron chi connectivity index (χ2n) is 5.20. The van der Waals surface area contributed by atoms with Crippen LogP contribution in [0.4, 0.5) is 5.69 Å². The summed E-state index contributed by atoms with van der Waals surface area (Å²) in [4.78, 5) is 22.2. The highest BCUT2D eigenvalue weighted by Crippen LogP contribution is 2.47. The average Bonchev–Trinajstić information content (AvgIpc) is 3.19. The van der Waals surface area contributed by atoms with E-state index in [0.29, 0.717) is 13.0 Å². The predicted molar refractivity (Wildman–Crippen MR) is 78.8 cm³/mol. The number of amides is 1. The smallest absolute Gasteiger partial charge is 0.290 e. The molecule has 0 aromatic heterocycles. The first-order chi connectivity index (χ1) is 9.88.